The Labute approximate surface area is 137 Å². The zero-order chi connectivity index (χ0) is 15.3. The van der Waals surface area contributed by atoms with Crippen LogP contribution in [0.3, 0.4) is 0 Å². The van der Waals surface area contributed by atoms with Gasteiger partial charge in [-0.2, -0.15) is 0 Å². The van der Waals surface area contributed by atoms with Crippen molar-refractivity contribution in [1.82, 2.24) is 5.32 Å². The fourth-order valence-electron chi connectivity index (χ4n) is 1.45. The first-order valence-corrected chi connectivity index (χ1v) is 7.45. The van der Waals surface area contributed by atoms with E-state index in [1.807, 2.05) is 28.7 Å². The minimum absolute atomic E-state index is 0.0437. The number of carboxylic acid groups (broad SMARTS) is 1. The van der Waals surface area contributed by atoms with Crippen molar-refractivity contribution in [3.63, 3.8) is 0 Å². The molecule has 0 radical (unpaired) electrons. The molecule has 0 aliphatic heterocycles. The third kappa shape index (κ3) is 5.08. The van der Waals surface area contributed by atoms with Gasteiger partial charge in [0, 0.05) is 14.5 Å². The second kappa shape index (κ2) is 7.58. The van der Waals surface area contributed by atoms with Gasteiger partial charge in [0.1, 0.15) is 6.04 Å². The Bertz CT molecular complexity index is 550. The number of amides is 2. The summed E-state index contributed by atoms with van der Waals surface area (Å²) in [5.74, 6) is -2.34. The van der Waals surface area contributed by atoms with E-state index in [1.54, 1.807) is 12.1 Å². The van der Waals surface area contributed by atoms with Crippen LogP contribution in [0.2, 0.25) is 0 Å². The minimum atomic E-state index is -1.21. The molecule has 0 saturated carbocycles. The summed E-state index contributed by atoms with van der Waals surface area (Å²) in [5.41, 5.74) is 5.31. The number of nitrogens with two attached hydrogens (primary N) is 1. The van der Waals surface area contributed by atoms with Gasteiger partial charge in [-0.3, -0.25) is 9.59 Å². The standard InChI is InChI=1S/C12H12BrIN2O4/c13-8-2-1-6(14)5-7(8)11(18)16-9(12(19)20)3-4-10(15)17/h1-2,5,9H,3-4H2,(H2,15,17)(H,16,18)(H,19,20)/t9-/m1/s1. The first-order valence-electron chi connectivity index (χ1n) is 5.58. The van der Waals surface area contributed by atoms with Gasteiger partial charge in [0.25, 0.3) is 5.91 Å². The number of hydrogen-bond donors (Lipinski definition) is 3. The van der Waals surface area contributed by atoms with Crippen molar-refractivity contribution in [3.05, 3.63) is 31.8 Å². The predicted molar refractivity (Wildman–Crippen MR) is 84.2 cm³/mol. The number of halogens is 2. The van der Waals surface area contributed by atoms with E-state index >= 15 is 0 Å². The highest BCUT2D eigenvalue weighted by Crippen LogP contribution is 2.19. The summed E-state index contributed by atoms with van der Waals surface area (Å²) in [6, 6.07) is 3.99. The smallest absolute Gasteiger partial charge is 0.326 e. The molecule has 0 aliphatic rings. The minimum Gasteiger partial charge on any atom is -0.480 e. The largest absolute Gasteiger partial charge is 0.480 e. The second-order valence-corrected chi connectivity index (χ2v) is 6.09. The molecule has 4 N–H and O–H groups in total. The van der Waals surface area contributed by atoms with Crippen LogP contribution in [0.25, 0.3) is 0 Å². The van der Waals surface area contributed by atoms with Crippen LogP contribution in [0.1, 0.15) is 23.2 Å². The van der Waals surface area contributed by atoms with Gasteiger partial charge in [0.15, 0.2) is 0 Å². The summed E-state index contributed by atoms with van der Waals surface area (Å²) in [5, 5.41) is 11.4. The van der Waals surface area contributed by atoms with Gasteiger partial charge in [0.05, 0.1) is 5.56 Å². The third-order valence-electron chi connectivity index (χ3n) is 2.46. The molecule has 0 fully saturated rings. The molecule has 0 aromatic heterocycles. The van der Waals surface area contributed by atoms with E-state index in [2.05, 4.69) is 21.2 Å². The highest BCUT2D eigenvalue weighted by molar-refractivity contribution is 14.1. The van der Waals surface area contributed by atoms with Gasteiger partial charge in [-0.1, -0.05) is 0 Å². The summed E-state index contributed by atoms with van der Waals surface area (Å²) in [7, 11) is 0. The molecular formula is C12H12BrIN2O4. The highest BCUT2D eigenvalue weighted by atomic mass is 127. The number of benzene rings is 1. The van der Waals surface area contributed by atoms with Crippen molar-refractivity contribution in [2.45, 2.75) is 18.9 Å². The van der Waals surface area contributed by atoms with Crippen LogP contribution in [-0.2, 0) is 9.59 Å². The van der Waals surface area contributed by atoms with Crippen LogP contribution in [0.4, 0.5) is 0 Å². The van der Waals surface area contributed by atoms with Crippen molar-refractivity contribution in [1.29, 1.82) is 0 Å². The van der Waals surface area contributed by atoms with Crippen LogP contribution in [0.15, 0.2) is 22.7 Å². The first kappa shape index (κ1) is 16.9. The molecule has 0 unspecified atom stereocenters. The molecule has 20 heavy (non-hydrogen) atoms. The number of carboxylic acids is 1. The number of aliphatic carboxylic acids is 1. The molecule has 0 aliphatic carbocycles. The maximum Gasteiger partial charge on any atom is 0.326 e. The fourth-order valence-corrected chi connectivity index (χ4v) is 2.37. The van der Waals surface area contributed by atoms with Gasteiger partial charge in [-0.15, -0.1) is 0 Å². The zero-order valence-corrected chi connectivity index (χ0v) is 14.0. The van der Waals surface area contributed by atoms with E-state index in [0.29, 0.717) is 10.0 Å². The van der Waals surface area contributed by atoms with E-state index in [9.17, 15) is 14.4 Å². The number of carbonyl (C=O) groups is 3. The molecule has 1 aromatic rings. The van der Waals surface area contributed by atoms with Gasteiger partial charge in [0.2, 0.25) is 5.91 Å². The van der Waals surface area contributed by atoms with Crippen molar-refractivity contribution in [3.8, 4) is 0 Å². The Morgan fingerprint density at radius 3 is 2.60 bits per heavy atom. The Morgan fingerprint density at radius 2 is 2.05 bits per heavy atom. The summed E-state index contributed by atoms with van der Waals surface area (Å²) in [6.45, 7) is 0. The summed E-state index contributed by atoms with van der Waals surface area (Å²) < 4.78 is 1.41. The number of carbonyl (C=O) groups excluding carboxylic acids is 2. The van der Waals surface area contributed by atoms with Crippen LogP contribution < -0.4 is 11.1 Å². The summed E-state index contributed by atoms with van der Waals surface area (Å²) in [6.07, 6.45) is -0.150. The topological polar surface area (TPSA) is 109 Å². The lowest BCUT2D eigenvalue weighted by Crippen LogP contribution is -2.41. The third-order valence-corrected chi connectivity index (χ3v) is 3.82. The molecule has 108 valence electrons. The molecule has 2 amide bonds. The van der Waals surface area contributed by atoms with Crippen molar-refractivity contribution in [2.75, 3.05) is 0 Å². The Morgan fingerprint density at radius 1 is 1.40 bits per heavy atom. The van der Waals surface area contributed by atoms with Crippen molar-refractivity contribution < 1.29 is 19.5 Å². The van der Waals surface area contributed by atoms with E-state index in [0.717, 1.165) is 3.57 Å². The number of hydrogen-bond acceptors (Lipinski definition) is 3. The molecule has 1 rings (SSSR count). The maximum atomic E-state index is 12.1. The summed E-state index contributed by atoms with van der Waals surface area (Å²) in [4.78, 5) is 33.8. The lowest BCUT2D eigenvalue weighted by atomic mass is 10.1. The van der Waals surface area contributed by atoms with Crippen molar-refractivity contribution >= 4 is 56.3 Å². The fraction of sp³-hybridized carbons (Fsp3) is 0.250. The van der Waals surface area contributed by atoms with Crippen molar-refractivity contribution in [2.24, 2.45) is 5.73 Å². The molecule has 0 spiro atoms. The normalized spacial score (nSPS) is 11.7. The Hall–Kier alpha value is -1.16. The molecule has 6 nitrogen and oxygen atoms in total. The second-order valence-electron chi connectivity index (χ2n) is 3.99. The van der Waals surface area contributed by atoms with Crippen LogP contribution in [0, 0.1) is 3.57 Å². The maximum absolute atomic E-state index is 12.1. The van der Waals surface area contributed by atoms with Gasteiger partial charge < -0.3 is 16.2 Å². The van der Waals surface area contributed by atoms with Gasteiger partial charge in [-0.05, 0) is 63.1 Å². The Balaban J connectivity index is 2.82. The number of rotatable bonds is 6. The quantitative estimate of drug-likeness (QED) is 0.566. The Kier molecular flexibility index (Phi) is 6.40. The van der Waals surface area contributed by atoms with E-state index in [4.69, 9.17) is 10.8 Å². The lowest BCUT2D eigenvalue weighted by molar-refractivity contribution is -0.139. The molecule has 1 atom stereocenters. The molecule has 1 aromatic carbocycles. The lowest BCUT2D eigenvalue weighted by Gasteiger charge is -2.14. The van der Waals surface area contributed by atoms with Crippen LogP contribution >= 0.6 is 38.5 Å². The molecular weight excluding hydrogens is 443 g/mol. The molecule has 0 bridgehead atoms. The van der Waals surface area contributed by atoms with E-state index in [-0.39, 0.29) is 12.8 Å². The predicted octanol–water partition coefficient (Wildman–Crippen LogP) is 1.50. The monoisotopic (exact) mass is 454 g/mol. The average molecular weight is 455 g/mol. The van der Waals surface area contributed by atoms with Gasteiger partial charge >= 0.3 is 5.97 Å². The van der Waals surface area contributed by atoms with E-state index in [1.165, 1.54) is 0 Å². The molecule has 0 heterocycles. The van der Waals surface area contributed by atoms with Crippen LogP contribution in [0.5, 0.6) is 0 Å². The van der Waals surface area contributed by atoms with Crippen LogP contribution in [-0.4, -0.2) is 28.9 Å². The highest BCUT2D eigenvalue weighted by Gasteiger charge is 2.22. The molecule has 0 saturated heterocycles. The van der Waals surface area contributed by atoms with E-state index < -0.39 is 23.8 Å². The summed E-state index contributed by atoms with van der Waals surface area (Å²) >= 11 is 5.28. The first-order chi connectivity index (χ1) is 9.31. The number of primary amides is 1. The average Bonchev–Trinajstić information content (AvgIpc) is 2.36. The van der Waals surface area contributed by atoms with Gasteiger partial charge in [-0.25, -0.2) is 4.79 Å². The molecule has 8 heteroatoms. The SMILES string of the molecule is NC(=O)CC[C@@H](NC(=O)c1cc(I)ccc1Br)C(=O)O. The zero-order valence-electron chi connectivity index (χ0n) is 10.2. The number of nitrogens with one attached hydrogen (secondary N) is 1.